The van der Waals surface area contributed by atoms with Crippen molar-refractivity contribution in [2.24, 2.45) is 5.10 Å². The number of furan rings is 1. The quantitative estimate of drug-likeness (QED) is 0.167. The largest absolute Gasteiger partial charge is 0.433 e. The zero-order chi connectivity index (χ0) is 27.7. The molecule has 3 heterocycles. The van der Waals surface area contributed by atoms with E-state index in [2.05, 4.69) is 10.1 Å². The molecule has 0 aliphatic carbocycles. The summed E-state index contributed by atoms with van der Waals surface area (Å²) in [6.07, 6.45) is 3.81. The van der Waals surface area contributed by atoms with Crippen LogP contribution in [0.2, 0.25) is 0 Å². The molecule has 1 amide bonds. The van der Waals surface area contributed by atoms with E-state index in [1.807, 2.05) is 32.0 Å². The van der Waals surface area contributed by atoms with Crippen LogP contribution in [0, 0.1) is 17.0 Å². The highest BCUT2D eigenvalue weighted by Crippen LogP contribution is 2.31. The number of hydrogen-bond acceptors (Lipinski definition) is 9. The van der Waals surface area contributed by atoms with Crippen molar-refractivity contribution in [3.8, 4) is 0 Å². The Morgan fingerprint density at radius 2 is 1.97 bits per heavy atom. The fraction of sp³-hybridized carbons (Fsp3) is 0.269. The van der Waals surface area contributed by atoms with Gasteiger partial charge in [-0.05, 0) is 74.7 Å². The number of rotatable bonds is 7. The smallest absolute Gasteiger partial charge is 0.400 e. The molecular weight excluding hydrogens is 542 g/mol. The number of fused-ring (bicyclic) bond motifs is 1. The van der Waals surface area contributed by atoms with Crippen LogP contribution in [0.15, 0.2) is 69.0 Å². The van der Waals surface area contributed by atoms with Crippen LogP contribution in [0.1, 0.15) is 47.9 Å². The van der Waals surface area contributed by atoms with E-state index in [0.29, 0.717) is 12.1 Å². The fourth-order valence-corrected chi connectivity index (χ4v) is 7.10. The minimum atomic E-state index is -3.70. The van der Waals surface area contributed by atoms with Gasteiger partial charge < -0.3 is 4.42 Å². The van der Waals surface area contributed by atoms with Crippen molar-refractivity contribution in [2.45, 2.75) is 44.0 Å². The molecular formula is C26H25N5O6S2. The monoisotopic (exact) mass is 567 g/mol. The number of hydrogen-bond donors (Lipinski definition) is 0. The normalized spacial score (nSPS) is 16.6. The van der Waals surface area contributed by atoms with E-state index in [-0.39, 0.29) is 27.4 Å². The highest BCUT2D eigenvalue weighted by Gasteiger charge is 2.31. The van der Waals surface area contributed by atoms with Crippen molar-refractivity contribution in [1.82, 2.24) is 9.29 Å². The van der Waals surface area contributed by atoms with E-state index in [0.717, 1.165) is 34.5 Å². The number of carbonyl (C=O) groups is 1. The van der Waals surface area contributed by atoms with Crippen molar-refractivity contribution in [2.75, 3.05) is 11.6 Å². The lowest BCUT2D eigenvalue weighted by atomic mass is 10.1. The first-order valence-electron chi connectivity index (χ1n) is 12.3. The lowest BCUT2D eigenvalue weighted by molar-refractivity contribution is -0.402. The molecule has 0 N–H and O–H groups in total. The number of sulfonamides is 1. The van der Waals surface area contributed by atoms with Crippen LogP contribution in [0.4, 0.5) is 11.0 Å². The van der Waals surface area contributed by atoms with Gasteiger partial charge in [-0.3, -0.25) is 14.9 Å². The molecule has 13 heteroatoms. The van der Waals surface area contributed by atoms with Crippen molar-refractivity contribution >= 4 is 54.7 Å². The first kappa shape index (κ1) is 26.7. The van der Waals surface area contributed by atoms with Gasteiger partial charge in [0.1, 0.15) is 4.92 Å². The average molecular weight is 568 g/mol. The Morgan fingerprint density at radius 3 is 2.67 bits per heavy atom. The lowest BCUT2D eigenvalue weighted by Gasteiger charge is -2.32. The predicted octanol–water partition coefficient (Wildman–Crippen LogP) is 5.35. The topological polar surface area (TPSA) is 139 Å². The highest BCUT2D eigenvalue weighted by molar-refractivity contribution is 7.89. The van der Waals surface area contributed by atoms with Crippen molar-refractivity contribution in [3.05, 3.63) is 81.6 Å². The summed E-state index contributed by atoms with van der Waals surface area (Å²) >= 11 is 1.25. The van der Waals surface area contributed by atoms with Crippen LogP contribution in [0.3, 0.4) is 0 Å². The number of aryl methyl sites for hydroxylation is 1. The number of hydrazone groups is 1. The molecule has 2 aromatic heterocycles. The predicted molar refractivity (Wildman–Crippen MR) is 148 cm³/mol. The van der Waals surface area contributed by atoms with Gasteiger partial charge in [0.05, 0.1) is 27.4 Å². The number of aromatic nitrogens is 1. The molecule has 202 valence electrons. The van der Waals surface area contributed by atoms with Gasteiger partial charge in [-0.1, -0.05) is 23.8 Å². The number of nitro groups is 1. The Hall–Kier alpha value is -3.94. The molecule has 1 fully saturated rings. The summed E-state index contributed by atoms with van der Waals surface area (Å²) in [4.78, 5) is 28.6. The Balaban J connectivity index is 1.48. The minimum absolute atomic E-state index is 0.0774. The molecule has 1 unspecified atom stereocenters. The molecule has 0 bridgehead atoms. The molecule has 4 aromatic rings. The lowest BCUT2D eigenvalue weighted by Crippen LogP contribution is -2.41. The zero-order valence-electron chi connectivity index (χ0n) is 21.2. The third-order valence-electron chi connectivity index (χ3n) is 6.45. The van der Waals surface area contributed by atoms with E-state index in [1.165, 1.54) is 58.3 Å². The Morgan fingerprint density at radius 1 is 1.21 bits per heavy atom. The summed E-state index contributed by atoms with van der Waals surface area (Å²) < 4.78 is 33.9. The van der Waals surface area contributed by atoms with Gasteiger partial charge in [-0.15, -0.1) is 0 Å². The first-order valence-corrected chi connectivity index (χ1v) is 14.5. The number of benzene rings is 2. The summed E-state index contributed by atoms with van der Waals surface area (Å²) in [6, 6.07) is 13.9. The van der Waals surface area contributed by atoms with Gasteiger partial charge in [0.25, 0.3) is 5.91 Å². The van der Waals surface area contributed by atoms with Crippen LogP contribution in [0.25, 0.3) is 10.2 Å². The standard InChI is InChI=1S/C26H25N5O6S2/c1-17-6-12-22-23(15-17)38-26(28-22)30(27-16-20-9-13-24(37-20)31(33)34)25(32)19-7-10-21(11-8-19)39(35,36)29-14-4-3-5-18(29)2/h6-13,15-16,18H,3-5,14H2,1-2H3/b27-16+. The Labute approximate surface area is 228 Å². The highest BCUT2D eigenvalue weighted by atomic mass is 32.2. The maximum atomic E-state index is 13.6. The number of thiazole rings is 1. The van der Waals surface area contributed by atoms with E-state index in [1.54, 1.807) is 0 Å². The van der Waals surface area contributed by atoms with Crippen LogP contribution < -0.4 is 5.01 Å². The molecule has 1 atom stereocenters. The molecule has 39 heavy (non-hydrogen) atoms. The molecule has 1 aliphatic rings. The van der Waals surface area contributed by atoms with Crippen LogP contribution >= 0.6 is 11.3 Å². The number of carbonyl (C=O) groups excluding carboxylic acids is 1. The number of anilines is 1. The molecule has 0 radical (unpaired) electrons. The fourth-order valence-electron chi connectivity index (χ4n) is 4.38. The van der Waals surface area contributed by atoms with E-state index in [4.69, 9.17) is 4.42 Å². The second kappa shape index (κ2) is 10.7. The van der Waals surface area contributed by atoms with Gasteiger partial charge in [-0.25, -0.2) is 13.4 Å². The van der Waals surface area contributed by atoms with Gasteiger partial charge in [0.2, 0.25) is 15.2 Å². The maximum absolute atomic E-state index is 13.6. The summed E-state index contributed by atoms with van der Waals surface area (Å²) in [5.41, 5.74) is 1.90. The summed E-state index contributed by atoms with van der Waals surface area (Å²) in [7, 11) is -3.70. The number of amides is 1. The Bertz CT molecular complexity index is 1680. The van der Waals surface area contributed by atoms with Crippen molar-refractivity contribution < 1.29 is 22.6 Å². The van der Waals surface area contributed by atoms with Crippen LogP contribution in [-0.4, -0.2) is 47.3 Å². The van der Waals surface area contributed by atoms with Crippen LogP contribution in [0.5, 0.6) is 0 Å². The second-order valence-electron chi connectivity index (χ2n) is 9.25. The van der Waals surface area contributed by atoms with Crippen molar-refractivity contribution in [3.63, 3.8) is 0 Å². The number of piperidine rings is 1. The molecule has 1 aliphatic heterocycles. The van der Waals surface area contributed by atoms with Gasteiger partial charge >= 0.3 is 5.88 Å². The summed E-state index contributed by atoms with van der Waals surface area (Å²) in [5.74, 6) is -0.934. The van der Waals surface area contributed by atoms with E-state index >= 15 is 0 Å². The van der Waals surface area contributed by atoms with E-state index in [9.17, 15) is 23.3 Å². The average Bonchev–Trinajstić information content (AvgIpc) is 3.56. The maximum Gasteiger partial charge on any atom is 0.433 e. The van der Waals surface area contributed by atoms with Crippen LogP contribution in [-0.2, 0) is 10.0 Å². The zero-order valence-corrected chi connectivity index (χ0v) is 22.8. The number of nitrogens with zero attached hydrogens (tertiary/aromatic N) is 5. The summed E-state index contributed by atoms with van der Waals surface area (Å²) in [5, 5.41) is 16.6. The Kier molecular flexibility index (Phi) is 7.30. The molecule has 0 spiro atoms. The third kappa shape index (κ3) is 5.46. The van der Waals surface area contributed by atoms with Gasteiger partial charge in [-0.2, -0.15) is 14.4 Å². The molecule has 0 saturated carbocycles. The third-order valence-corrected chi connectivity index (χ3v) is 9.47. The molecule has 2 aromatic carbocycles. The summed E-state index contributed by atoms with van der Waals surface area (Å²) in [6.45, 7) is 4.32. The SMILES string of the molecule is Cc1ccc2nc(N(/N=C/c3ccc([N+](=O)[O-])o3)C(=O)c3ccc(S(=O)(=O)N4CCCCC4C)cc3)sc2c1. The van der Waals surface area contributed by atoms with Gasteiger partial charge in [0, 0.05) is 18.2 Å². The molecule has 5 rings (SSSR count). The first-order chi connectivity index (χ1) is 18.6. The minimum Gasteiger partial charge on any atom is -0.400 e. The van der Waals surface area contributed by atoms with E-state index < -0.39 is 26.7 Å². The molecule has 1 saturated heterocycles. The second-order valence-corrected chi connectivity index (χ2v) is 12.1. The molecule has 11 nitrogen and oxygen atoms in total. The van der Waals surface area contributed by atoms with Crippen molar-refractivity contribution in [1.29, 1.82) is 0 Å². The van der Waals surface area contributed by atoms with Gasteiger partial charge in [0.15, 0.2) is 5.76 Å².